The number of pyridine rings is 1. The van der Waals surface area contributed by atoms with Crippen LogP contribution in [0.1, 0.15) is 109 Å². The fourth-order valence-corrected chi connectivity index (χ4v) is 16.4. The van der Waals surface area contributed by atoms with Crippen LogP contribution in [0.15, 0.2) is 266 Å². The molecular weight excluding hydrogens is 1110 g/mol. The molecule has 0 spiro atoms. The summed E-state index contributed by atoms with van der Waals surface area (Å²) >= 11 is 0. The highest BCUT2D eigenvalue weighted by atomic mass is 28.3. The highest BCUT2D eigenvalue weighted by molar-refractivity contribution is 7.11. The molecule has 0 fully saturated rings. The van der Waals surface area contributed by atoms with E-state index in [0.717, 1.165) is 27.4 Å². The number of ether oxygens (including phenoxy) is 1. The second kappa shape index (κ2) is 22.2. The fraction of sp³-hybridized carbons (Fsp3) is 0.143. The summed E-state index contributed by atoms with van der Waals surface area (Å²) in [7, 11) is -5.65. The van der Waals surface area contributed by atoms with Gasteiger partial charge in [-0.05, 0) is 180 Å². The van der Waals surface area contributed by atoms with Gasteiger partial charge in [0.1, 0.15) is 25.4 Å². The lowest BCUT2D eigenvalue weighted by Crippen LogP contribution is -2.67. The third-order valence-corrected chi connectivity index (χ3v) is 21.1. The van der Waals surface area contributed by atoms with Crippen molar-refractivity contribution in [2.75, 3.05) is 0 Å². The Morgan fingerprint density at radius 1 is 0.522 bits per heavy atom. The molecule has 0 saturated heterocycles. The lowest BCUT2D eigenvalue weighted by atomic mass is 9.79. The number of aryl methyl sites for hydroxylation is 3. The van der Waals surface area contributed by atoms with E-state index in [4.69, 9.17) is 22.1 Å². The van der Waals surface area contributed by atoms with Gasteiger partial charge in [0.15, 0.2) is 0 Å². The summed E-state index contributed by atoms with van der Waals surface area (Å²) in [5.41, 5.74) is -1.59. The van der Waals surface area contributed by atoms with Crippen LogP contribution in [0.2, 0.25) is 6.04 Å². The standard InChI is InChI=1S/C84H72N4OSi/c1-56-26-24-27-57(2)80(56)59-50-74-70-39-21-19-37-68(70)67-36-18-20-38-69(67)73-48-58(45-47-90(64-30-12-9-13-31-64,65-32-14-10-15-33-65)66-34-16-11-17-35-66)49-78-82(73)87(81(74)75(51-59)84(6,7)8)55-86(78)61-28-25-29-62(53-61)89-63-42-43-72-71-40-22-23-41-76(71)88(77(72)54-63)79-52-60(44-46-85-79)83(3,4)5/h9-44,46,48-54H,45,47H2,1-8H3/i1D3,2D3,9D,10D,11D,12D,13D,14D,15D,16D,17D,18D,19D,20D,21D,30D,31D,32D,33D,34D,35D,36D,37D,38D,39D. The quantitative estimate of drug-likeness (QED) is 0.0560. The summed E-state index contributed by atoms with van der Waals surface area (Å²) in [5.74, 6) is 1.21. The van der Waals surface area contributed by atoms with Crippen molar-refractivity contribution in [3.8, 4) is 73.2 Å². The Kier molecular flexibility index (Phi) is 8.10. The maximum atomic E-state index is 10.3. The molecule has 0 saturated carbocycles. The lowest BCUT2D eigenvalue weighted by Gasteiger charge is -2.34. The van der Waals surface area contributed by atoms with Crippen LogP contribution in [0.4, 0.5) is 0 Å². The average Bonchev–Trinajstić information content (AvgIpc) is 1.35. The molecule has 0 unspecified atom stereocenters. The van der Waals surface area contributed by atoms with Crippen molar-refractivity contribution in [3.05, 3.63) is 301 Å². The number of hydrogen-bond donors (Lipinski definition) is 0. The molecule has 15 rings (SSSR count). The molecule has 90 heavy (non-hydrogen) atoms. The number of nitrogens with zero attached hydrogens (tertiary/aromatic N) is 4. The molecule has 5 nitrogen and oxygen atoms in total. The number of imidazole rings is 1. The minimum Gasteiger partial charge on any atom is -0.458 e. The fourth-order valence-electron chi connectivity index (χ4n) is 12.6. The molecule has 1 aliphatic heterocycles. The van der Waals surface area contributed by atoms with Crippen LogP contribution in [0.5, 0.6) is 11.5 Å². The van der Waals surface area contributed by atoms with Crippen molar-refractivity contribution in [3.63, 3.8) is 0 Å². The van der Waals surface area contributed by atoms with Crippen molar-refractivity contribution in [2.24, 2.45) is 0 Å². The molecule has 14 aromatic rings. The number of para-hydroxylation sites is 1. The van der Waals surface area contributed by atoms with Gasteiger partial charge in [0.25, 0.3) is 6.33 Å². The molecule has 4 heterocycles. The van der Waals surface area contributed by atoms with Gasteiger partial charge >= 0.3 is 0 Å². The van der Waals surface area contributed by atoms with Crippen molar-refractivity contribution in [2.45, 2.75) is 78.5 Å². The van der Waals surface area contributed by atoms with Crippen LogP contribution in [0.3, 0.4) is 0 Å². The first-order valence-corrected chi connectivity index (χ1v) is 31.5. The van der Waals surface area contributed by atoms with Gasteiger partial charge in [-0.25, -0.2) is 4.98 Å². The zero-order chi connectivity index (χ0) is 86.5. The molecule has 6 heteroatoms. The molecule has 11 aromatic carbocycles. The van der Waals surface area contributed by atoms with Gasteiger partial charge in [0, 0.05) is 31.3 Å². The first kappa shape index (κ1) is 32.9. The van der Waals surface area contributed by atoms with E-state index in [9.17, 15) is 27.4 Å². The molecule has 438 valence electrons. The van der Waals surface area contributed by atoms with E-state index in [1.165, 1.54) is 34.9 Å². The van der Waals surface area contributed by atoms with Crippen molar-refractivity contribution in [1.29, 1.82) is 0 Å². The predicted molar refractivity (Wildman–Crippen MR) is 377 cm³/mol. The summed E-state index contributed by atoms with van der Waals surface area (Å²) in [6.45, 7) is 5.65. The van der Waals surface area contributed by atoms with Crippen LogP contribution in [0.25, 0.3) is 94.5 Å². The minimum atomic E-state index is -5.65. The van der Waals surface area contributed by atoms with E-state index >= 15 is 0 Å². The van der Waals surface area contributed by atoms with E-state index in [1.807, 2.05) is 53.1 Å². The van der Waals surface area contributed by atoms with E-state index in [1.54, 1.807) is 74.0 Å². The molecule has 3 aromatic heterocycles. The molecule has 1 aliphatic rings. The van der Waals surface area contributed by atoms with Crippen molar-refractivity contribution >= 4 is 56.5 Å². The third kappa shape index (κ3) is 9.69. The summed E-state index contributed by atoms with van der Waals surface area (Å²) in [4.78, 5) is 4.87. The lowest BCUT2D eigenvalue weighted by molar-refractivity contribution is -0.572. The first-order valence-electron chi connectivity index (χ1n) is 43.7. The minimum absolute atomic E-state index is 0.00669. The Balaban J connectivity index is 1.11. The zero-order valence-electron chi connectivity index (χ0n) is 78.7. The van der Waals surface area contributed by atoms with E-state index in [-0.39, 0.29) is 67.0 Å². The number of benzene rings is 11. The van der Waals surface area contributed by atoms with Gasteiger partial charge in [-0.15, -0.1) is 0 Å². The maximum Gasteiger partial charge on any atom is 0.269 e. The van der Waals surface area contributed by atoms with Crippen molar-refractivity contribution in [1.82, 2.24) is 14.1 Å². The highest BCUT2D eigenvalue weighted by Gasteiger charge is 2.39. The summed E-state index contributed by atoms with van der Waals surface area (Å²) in [6.07, 6.45) is 4.71. The van der Waals surface area contributed by atoms with Gasteiger partial charge < -0.3 is 4.74 Å². The predicted octanol–water partition coefficient (Wildman–Crippen LogP) is 18.9. The zero-order valence-corrected chi connectivity index (χ0v) is 50.7. The second-order valence-electron chi connectivity index (χ2n) is 24.4. The number of fused-ring (bicyclic) bond motifs is 10. The molecule has 0 radical (unpaired) electrons. The van der Waals surface area contributed by atoms with Gasteiger partial charge in [-0.3, -0.25) is 13.7 Å². The second-order valence-corrected chi connectivity index (χ2v) is 28.2. The topological polar surface area (TPSA) is 35.9 Å². The first-order chi connectivity index (χ1) is 55.7. The van der Waals surface area contributed by atoms with Crippen LogP contribution in [-0.4, -0.2) is 22.2 Å². The van der Waals surface area contributed by atoms with Gasteiger partial charge in [0.05, 0.1) is 65.0 Å². The third-order valence-electron chi connectivity index (χ3n) is 16.8. The average molecular weight is 1210 g/mol. The van der Waals surface area contributed by atoms with Gasteiger partial charge in [-0.2, -0.15) is 0 Å². The van der Waals surface area contributed by atoms with Crippen molar-refractivity contribution < 1.29 is 49.1 Å². The monoisotopic (exact) mass is 1210 g/mol. The number of rotatable bonds is 11. The van der Waals surface area contributed by atoms with E-state index in [2.05, 4.69) is 27.1 Å². The van der Waals surface area contributed by atoms with E-state index < -0.39 is 228 Å². The molecule has 0 N–H and O–H groups in total. The Morgan fingerprint density at radius 3 is 1.74 bits per heavy atom. The Labute approximate surface area is 570 Å². The Morgan fingerprint density at radius 2 is 1.11 bits per heavy atom. The number of aromatic nitrogens is 4. The van der Waals surface area contributed by atoms with Crippen LogP contribution < -0.4 is 24.9 Å². The van der Waals surface area contributed by atoms with Crippen LogP contribution in [0, 0.1) is 20.0 Å². The largest absolute Gasteiger partial charge is 0.458 e. The highest BCUT2D eigenvalue weighted by Crippen LogP contribution is 2.48. The normalized spacial score (nSPS) is 17.2. The SMILES string of the molecule is [2H]c1c([2H])c([2H])c([Si](CCc2cc3c4c(c2)n(-c2cccc(Oc5ccc6c7ccccc7n(-c7cc(C(C)(C)C)ccn7)c6c5)c2)[c-][n+]4-c2c(cc(-c4c(C([2H])([2H])[2H])cccc4C([2H])([2H])[2H])cc2C(C)(C)C)-c2c([2H])c([2H])c([2H])c([2H])c2-c2c([2H])c([2H])c([2H])c([2H])c2-3)(c2c([2H])c([2H])c([2H])c([2H])c2[2H])c2c([2H])c([2H])c([2H])c([2H])c2[2H])c([2H])c1[2H]. The van der Waals surface area contributed by atoms with Gasteiger partial charge in [-0.1, -0.05) is 241 Å². The molecule has 0 bridgehead atoms. The molecule has 0 atom stereocenters. The van der Waals surface area contributed by atoms with Crippen LogP contribution in [-0.2, 0) is 17.3 Å². The summed E-state index contributed by atoms with van der Waals surface area (Å²) < 4.78 is 286. The van der Waals surface area contributed by atoms with Crippen LogP contribution >= 0.6 is 0 Å². The molecule has 0 amide bonds. The Bertz CT molecular complexity index is 6480. The smallest absolute Gasteiger partial charge is 0.269 e. The summed E-state index contributed by atoms with van der Waals surface area (Å²) in [6, 6.07) is 11.7. The van der Waals surface area contributed by atoms with Gasteiger partial charge in [0.2, 0.25) is 0 Å². The number of hydrogen-bond acceptors (Lipinski definition) is 2. The van der Waals surface area contributed by atoms with E-state index in [0.29, 0.717) is 11.6 Å². The molecular formula is C84H72N4OSi. The molecule has 0 aliphatic carbocycles. The Hall–Kier alpha value is -10.1. The maximum absolute atomic E-state index is 10.3. The summed E-state index contributed by atoms with van der Waals surface area (Å²) in [5, 5.41) is -0.414.